The molecule has 0 saturated heterocycles. The van der Waals surface area contributed by atoms with E-state index in [1.165, 1.54) is 77.6 Å². The second-order valence-corrected chi connectivity index (χ2v) is 18.7. The molecule has 0 saturated carbocycles. The van der Waals surface area contributed by atoms with Gasteiger partial charge in [0.1, 0.15) is 11.2 Å². The van der Waals surface area contributed by atoms with Crippen molar-refractivity contribution in [2.24, 2.45) is 5.92 Å². The van der Waals surface area contributed by atoms with Gasteiger partial charge in [0.15, 0.2) is 0 Å². The van der Waals surface area contributed by atoms with Crippen LogP contribution in [0, 0.1) is 5.92 Å². The van der Waals surface area contributed by atoms with Gasteiger partial charge in [0, 0.05) is 50.2 Å². The first kappa shape index (κ1) is 40.6. The zero-order valence-corrected chi connectivity index (χ0v) is 38.3. The molecule has 0 amide bonds. The highest BCUT2D eigenvalue weighted by atomic mass is 16.3. The van der Waals surface area contributed by atoms with Gasteiger partial charge in [-0.1, -0.05) is 166 Å². The van der Waals surface area contributed by atoms with Crippen LogP contribution in [0.3, 0.4) is 0 Å². The molecule has 12 rings (SSSR count). The molecule has 324 valence electrons. The third-order valence-corrected chi connectivity index (χ3v) is 14.1. The maximum Gasteiger partial charge on any atom is 0.145 e. The number of fused-ring (bicyclic) bond motifs is 7. The Labute approximate surface area is 393 Å². The van der Waals surface area contributed by atoms with Crippen LogP contribution in [-0.4, -0.2) is 4.57 Å². The quantitative estimate of drug-likeness (QED) is 0.144. The van der Waals surface area contributed by atoms with Crippen molar-refractivity contribution in [3.63, 3.8) is 0 Å². The SMILES string of the molecule is CC1C=Cc2c(c3c4oc5ccccc5c4cc(C4=CC=C(c5ccccc5)CC4)c3n2-c2ccc(N(c3ccc(-c4ccccc4)cc3)c3ccc(-c4ccccc4C(C)C)cc3)cc2)C1. The molecule has 2 aliphatic rings. The van der Waals surface area contributed by atoms with Gasteiger partial charge in [-0.3, -0.25) is 0 Å². The van der Waals surface area contributed by atoms with Crippen molar-refractivity contribution in [1.29, 1.82) is 0 Å². The Kier molecular flexibility index (Phi) is 10.2. The first-order valence-electron chi connectivity index (χ1n) is 23.9. The van der Waals surface area contributed by atoms with Crippen LogP contribution in [-0.2, 0) is 6.42 Å². The van der Waals surface area contributed by atoms with E-state index in [0.717, 1.165) is 58.6 Å². The lowest BCUT2D eigenvalue weighted by Crippen LogP contribution is -2.10. The van der Waals surface area contributed by atoms with Gasteiger partial charge in [0.25, 0.3) is 0 Å². The number of nitrogens with zero attached hydrogens (tertiary/aromatic N) is 2. The van der Waals surface area contributed by atoms with Gasteiger partial charge in [0.05, 0.1) is 5.52 Å². The van der Waals surface area contributed by atoms with Gasteiger partial charge in [0.2, 0.25) is 0 Å². The summed E-state index contributed by atoms with van der Waals surface area (Å²) >= 11 is 0. The zero-order valence-electron chi connectivity index (χ0n) is 38.3. The van der Waals surface area contributed by atoms with Crippen LogP contribution in [0.2, 0.25) is 0 Å². The molecule has 10 aromatic rings. The maximum absolute atomic E-state index is 6.90. The van der Waals surface area contributed by atoms with Crippen molar-refractivity contribution in [2.45, 2.75) is 46.0 Å². The number of benzene rings is 8. The van der Waals surface area contributed by atoms with Crippen LogP contribution >= 0.6 is 0 Å². The van der Waals surface area contributed by atoms with E-state index < -0.39 is 0 Å². The van der Waals surface area contributed by atoms with E-state index in [2.05, 4.69) is 243 Å². The molecule has 3 heteroatoms. The van der Waals surface area contributed by atoms with E-state index in [1.807, 2.05) is 0 Å². The summed E-state index contributed by atoms with van der Waals surface area (Å²) in [7, 11) is 0. The number of aromatic nitrogens is 1. The molecule has 1 atom stereocenters. The standard InChI is InChI=1S/C64H52N2O/c1-42(2)54-18-10-11-19-55(54)48-29-33-51(34-30-48)65(50-31-27-47(28-32-50)45-16-8-5-9-17-45)52-35-37-53(38-36-52)66-60-39-22-43(3)40-59(60)62-63(66)57(41-58-56-20-12-13-21-61(56)67-64(58)62)49-25-23-46(24-26-49)44-14-6-4-7-15-44/h4-23,25,27-39,41-43H,24,26,40H2,1-3H3. The Morgan fingerprint density at radius 1 is 0.552 bits per heavy atom. The molecule has 0 N–H and O–H groups in total. The molecule has 3 nitrogen and oxygen atoms in total. The first-order chi connectivity index (χ1) is 33.0. The molecule has 1 unspecified atom stereocenters. The topological polar surface area (TPSA) is 21.3 Å². The van der Waals surface area contributed by atoms with Crippen molar-refractivity contribution in [2.75, 3.05) is 4.90 Å². The van der Waals surface area contributed by atoms with Gasteiger partial charge >= 0.3 is 0 Å². The molecule has 0 aliphatic heterocycles. The molecular weight excluding hydrogens is 813 g/mol. The second-order valence-electron chi connectivity index (χ2n) is 18.7. The molecular formula is C64H52N2O. The fraction of sp³-hybridized carbons (Fsp3) is 0.125. The fourth-order valence-corrected chi connectivity index (χ4v) is 10.7. The maximum atomic E-state index is 6.90. The van der Waals surface area contributed by atoms with Gasteiger partial charge in [-0.2, -0.15) is 0 Å². The minimum Gasteiger partial charge on any atom is -0.455 e. The fourth-order valence-electron chi connectivity index (χ4n) is 10.7. The summed E-state index contributed by atoms with van der Waals surface area (Å²) in [5.74, 6) is 0.842. The predicted molar refractivity (Wildman–Crippen MR) is 284 cm³/mol. The lowest BCUT2D eigenvalue weighted by molar-refractivity contribution is 0.671. The normalized spacial score (nSPS) is 14.7. The summed E-state index contributed by atoms with van der Waals surface area (Å²) in [6.07, 6.45) is 12.3. The molecule has 0 spiro atoms. The molecule has 2 aromatic heterocycles. The Morgan fingerprint density at radius 2 is 1.13 bits per heavy atom. The Hall–Kier alpha value is -7.88. The van der Waals surface area contributed by atoms with Crippen molar-refractivity contribution in [3.8, 4) is 27.9 Å². The summed E-state index contributed by atoms with van der Waals surface area (Å²) in [6.45, 7) is 6.87. The first-order valence-corrected chi connectivity index (χ1v) is 23.9. The molecule has 0 fully saturated rings. The number of hydrogen-bond acceptors (Lipinski definition) is 2. The van der Waals surface area contributed by atoms with E-state index in [0.29, 0.717) is 11.8 Å². The van der Waals surface area contributed by atoms with Crippen LogP contribution in [0.25, 0.3) is 78.0 Å². The van der Waals surface area contributed by atoms with Crippen molar-refractivity contribution < 1.29 is 4.42 Å². The summed E-state index contributed by atoms with van der Waals surface area (Å²) in [4.78, 5) is 2.38. The lowest BCUT2D eigenvalue weighted by atomic mass is 9.87. The van der Waals surface area contributed by atoms with Crippen molar-refractivity contribution in [1.82, 2.24) is 4.57 Å². The van der Waals surface area contributed by atoms with Crippen LogP contribution in [0.15, 0.2) is 211 Å². The number of furan rings is 1. The second kappa shape index (κ2) is 16.8. The molecule has 0 radical (unpaired) electrons. The number of hydrogen-bond donors (Lipinski definition) is 0. The van der Waals surface area contributed by atoms with Gasteiger partial charge in [-0.05, 0) is 148 Å². The summed E-state index contributed by atoms with van der Waals surface area (Å²) in [5.41, 5.74) is 21.7. The van der Waals surface area contributed by atoms with Gasteiger partial charge in [-0.25, -0.2) is 0 Å². The highest BCUT2D eigenvalue weighted by Crippen LogP contribution is 2.47. The van der Waals surface area contributed by atoms with E-state index in [1.54, 1.807) is 0 Å². The third kappa shape index (κ3) is 7.23. The Bertz CT molecular complexity index is 3550. The molecule has 2 heterocycles. The average Bonchev–Trinajstić information content (AvgIpc) is 3.93. The number of rotatable bonds is 9. The smallest absolute Gasteiger partial charge is 0.145 e. The van der Waals surface area contributed by atoms with Gasteiger partial charge in [-0.15, -0.1) is 0 Å². The van der Waals surface area contributed by atoms with Crippen LogP contribution in [0.4, 0.5) is 17.1 Å². The number of allylic oxidation sites excluding steroid dienone is 5. The minimum absolute atomic E-state index is 0.411. The zero-order chi connectivity index (χ0) is 45.0. The molecule has 0 bridgehead atoms. The number of para-hydroxylation sites is 1. The van der Waals surface area contributed by atoms with E-state index in [-0.39, 0.29) is 0 Å². The Morgan fingerprint density at radius 3 is 1.82 bits per heavy atom. The van der Waals surface area contributed by atoms with Crippen LogP contribution in [0.1, 0.15) is 67.5 Å². The van der Waals surface area contributed by atoms with Crippen LogP contribution in [0.5, 0.6) is 0 Å². The van der Waals surface area contributed by atoms with Crippen molar-refractivity contribution in [3.05, 3.63) is 234 Å². The molecule has 8 aromatic carbocycles. The molecule has 2 aliphatic carbocycles. The third-order valence-electron chi connectivity index (χ3n) is 14.1. The minimum atomic E-state index is 0.411. The predicted octanol–water partition coefficient (Wildman–Crippen LogP) is 17.9. The van der Waals surface area contributed by atoms with E-state index in [4.69, 9.17) is 4.42 Å². The highest BCUT2D eigenvalue weighted by Gasteiger charge is 2.29. The largest absolute Gasteiger partial charge is 0.455 e. The lowest BCUT2D eigenvalue weighted by Gasteiger charge is -2.26. The average molecular weight is 865 g/mol. The van der Waals surface area contributed by atoms with E-state index >= 15 is 0 Å². The highest BCUT2D eigenvalue weighted by molar-refractivity contribution is 6.19. The Balaban J connectivity index is 1.02. The summed E-state index contributed by atoms with van der Waals surface area (Å²) < 4.78 is 9.42. The van der Waals surface area contributed by atoms with Gasteiger partial charge < -0.3 is 13.9 Å². The monoisotopic (exact) mass is 864 g/mol. The van der Waals surface area contributed by atoms with Crippen molar-refractivity contribution >= 4 is 67.1 Å². The summed E-state index contributed by atoms with van der Waals surface area (Å²) in [5, 5.41) is 3.58. The van der Waals surface area contributed by atoms with Crippen LogP contribution < -0.4 is 4.90 Å². The molecule has 67 heavy (non-hydrogen) atoms. The number of anilines is 3. The van der Waals surface area contributed by atoms with E-state index in [9.17, 15) is 0 Å². The summed E-state index contributed by atoms with van der Waals surface area (Å²) in [6, 6.07) is 68.5.